The second-order valence-electron chi connectivity index (χ2n) is 12.6. The monoisotopic (exact) mass is 614 g/mol. The molecular formula is C44H30N4. The summed E-state index contributed by atoms with van der Waals surface area (Å²) in [5, 5.41) is 24.7. The van der Waals surface area contributed by atoms with Crippen LogP contribution in [0.3, 0.4) is 0 Å². The maximum absolute atomic E-state index is 10.1. The van der Waals surface area contributed by atoms with Gasteiger partial charge in [0.1, 0.15) is 0 Å². The first-order valence-electron chi connectivity index (χ1n) is 16.5. The molecule has 1 unspecified atom stereocenters. The molecule has 0 aliphatic heterocycles. The third kappa shape index (κ3) is 4.20. The minimum Gasteiger partial charge on any atom is -0.313 e. The lowest BCUT2D eigenvalue weighted by Crippen LogP contribution is -2.09. The maximum Gasteiger partial charge on any atom is 0.0998 e. The van der Waals surface area contributed by atoms with Crippen LogP contribution in [0.5, 0.6) is 0 Å². The van der Waals surface area contributed by atoms with Crippen molar-refractivity contribution >= 4 is 54.9 Å². The molecule has 0 amide bonds. The summed E-state index contributed by atoms with van der Waals surface area (Å²) in [5.74, 6) is -0.201. The van der Waals surface area contributed by atoms with Gasteiger partial charge in [-0.25, -0.2) is 0 Å². The topological polar surface area (TPSA) is 57.4 Å². The Labute approximate surface area is 278 Å². The van der Waals surface area contributed by atoms with Crippen molar-refractivity contribution in [2.75, 3.05) is 0 Å². The van der Waals surface area contributed by atoms with Crippen LogP contribution in [0.1, 0.15) is 30.4 Å². The number of aromatic nitrogens is 2. The number of para-hydroxylation sites is 4. The normalized spacial score (nSPS) is 16.3. The highest BCUT2D eigenvalue weighted by atomic mass is 15.0. The van der Waals surface area contributed by atoms with Gasteiger partial charge < -0.3 is 9.13 Å². The molecule has 0 radical (unpaired) electrons. The van der Waals surface area contributed by atoms with E-state index < -0.39 is 0 Å². The molecule has 4 nitrogen and oxygen atoms in total. The molecule has 7 aromatic rings. The second kappa shape index (κ2) is 11.2. The minimum absolute atomic E-state index is 0.201. The van der Waals surface area contributed by atoms with Crippen LogP contribution in [-0.4, -0.2) is 9.13 Å². The predicted octanol–water partition coefficient (Wildman–Crippen LogP) is 10.9. The number of benzene rings is 5. The third-order valence-corrected chi connectivity index (χ3v) is 9.99. The molecule has 0 bridgehead atoms. The molecule has 0 spiro atoms. The lowest BCUT2D eigenvalue weighted by molar-refractivity contribution is 0.828. The van der Waals surface area contributed by atoms with Gasteiger partial charge in [-0.15, -0.1) is 0 Å². The van der Waals surface area contributed by atoms with Gasteiger partial charge in [-0.05, 0) is 78.5 Å². The van der Waals surface area contributed by atoms with Crippen LogP contribution in [0.15, 0.2) is 151 Å². The number of hydrogen-bond acceptors (Lipinski definition) is 2. The number of hydrogen-bond donors (Lipinski definition) is 0. The average molecular weight is 615 g/mol. The first kappa shape index (κ1) is 27.9. The molecule has 2 aliphatic rings. The number of nitriles is 2. The molecular weight excluding hydrogens is 585 g/mol. The SMILES string of the molecule is N#Cc1cccc2c1c1ccccc1n2-c1ccccc1C1=CC(C#N)CC=C1C1=CC=C(n2c3ccccc3c3ccccc32)CC1. The van der Waals surface area contributed by atoms with E-state index in [1.165, 1.54) is 38.6 Å². The van der Waals surface area contributed by atoms with Gasteiger partial charge in [0.15, 0.2) is 0 Å². The fourth-order valence-corrected chi connectivity index (χ4v) is 7.88. The van der Waals surface area contributed by atoms with Crippen LogP contribution in [0.25, 0.3) is 60.6 Å². The van der Waals surface area contributed by atoms with E-state index in [9.17, 15) is 10.5 Å². The van der Waals surface area contributed by atoms with E-state index in [4.69, 9.17) is 0 Å². The molecule has 2 aromatic heterocycles. The first-order chi connectivity index (χ1) is 23.7. The van der Waals surface area contributed by atoms with E-state index in [1.807, 2.05) is 18.2 Å². The van der Waals surface area contributed by atoms with Gasteiger partial charge >= 0.3 is 0 Å². The van der Waals surface area contributed by atoms with Crippen molar-refractivity contribution in [3.63, 3.8) is 0 Å². The maximum atomic E-state index is 10.1. The Bertz CT molecular complexity index is 2620. The quantitative estimate of drug-likeness (QED) is 0.198. The highest BCUT2D eigenvalue weighted by Crippen LogP contribution is 2.43. The predicted molar refractivity (Wildman–Crippen MR) is 196 cm³/mol. The fourth-order valence-electron chi connectivity index (χ4n) is 7.88. The summed E-state index contributed by atoms with van der Waals surface area (Å²) in [7, 11) is 0. The molecule has 0 N–H and O–H groups in total. The smallest absolute Gasteiger partial charge is 0.0998 e. The van der Waals surface area contributed by atoms with E-state index in [1.54, 1.807) is 0 Å². The summed E-state index contributed by atoms with van der Waals surface area (Å²) in [6, 6.07) is 45.0. The largest absolute Gasteiger partial charge is 0.313 e. The molecule has 0 saturated carbocycles. The Morgan fingerprint density at radius 3 is 1.92 bits per heavy atom. The molecule has 0 saturated heterocycles. The third-order valence-electron chi connectivity index (χ3n) is 9.99. The number of nitrogens with zero attached hydrogens (tertiary/aromatic N) is 4. The van der Waals surface area contributed by atoms with Crippen LogP contribution in [0.2, 0.25) is 0 Å². The van der Waals surface area contributed by atoms with Crippen molar-refractivity contribution in [1.82, 2.24) is 9.13 Å². The van der Waals surface area contributed by atoms with Crippen molar-refractivity contribution in [3.05, 3.63) is 162 Å². The summed E-state index contributed by atoms with van der Waals surface area (Å²) in [4.78, 5) is 0. The molecule has 9 rings (SSSR count). The van der Waals surface area contributed by atoms with E-state index in [-0.39, 0.29) is 5.92 Å². The molecule has 2 heterocycles. The van der Waals surface area contributed by atoms with Crippen LogP contribution in [0.4, 0.5) is 0 Å². The Morgan fingerprint density at radius 2 is 1.23 bits per heavy atom. The van der Waals surface area contributed by atoms with Crippen molar-refractivity contribution < 1.29 is 0 Å². The average Bonchev–Trinajstić information content (AvgIpc) is 3.68. The van der Waals surface area contributed by atoms with Gasteiger partial charge in [0, 0.05) is 32.8 Å². The Kier molecular flexibility index (Phi) is 6.49. The highest BCUT2D eigenvalue weighted by molar-refractivity contribution is 6.12. The van der Waals surface area contributed by atoms with Crippen LogP contribution in [0, 0.1) is 28.6 Å². The van der Waals surface area contributed by atoms with E-state index in [2.05, 4.69) is 143 Å². The summed E-state index contributed by atoms with van der Waals surface area (Å²) in [5.41, 5.74) is 12.1. The molecule has 5 aromatic carbocycles. The van der Waals surface area contributed by atoms with E-state index in [0.717, 1.165) is 51.5 Å². The molecule has 4 heteroatoms. The molecule has 226 valence electrons. The van der Waals surface area contributed by atoms with Crippen LogP contribution < -0.4 is 0 Å². The zero-order valence-corrected chi connectivity index (χ0v) is 26.3. The molecule has 1 atom stereocenters. The van der Waals surface area contributed by atoms with Gasteiger partial charge in [-0.1, -0.05) is 97.1 Å². The number of allylic oxidation sites excluding steroid dienone is 8. The molecule has 0 fully saturated rings. The Morgan fingerprint density at radius 1 is 0.583 bits per heavy atom. The van der Waals surface area contributed by atoms with Gasteiger partial charge in [0.05, 0.1) is 51.4 Å². The van der Waals surface area contributed by atoms with E-state index in [0.29, 0.717) is 12.0 Å². The first-order valence-corrected chi connectivity index (χ1v) is 16.5. The summed E-state index contributed by atoms with van der Waals surface area (Å²) >= 11 is 0. The van der Waals surface area contributed by atoms with Gasteiger partial charge in [-0.3, -0.25) is 0 Å². The number of fused-ring (bicyclic) bond motifs is 6. The van der Waals surface area contributed by atoms with Crippen molar-refractivity contribution in [2.24, 2.45) is 5.92 Å². The van der Waals surface area contributed by atoms with Crippen LogP contribution >= 0.6 is 0 Å². The Balaban J connectivity index is 1.20. The zero-order valence-electron chi connectivity index (χ0n) is 26.3. The highest BCUT2D eigenvalue weighted by Gasteiger charge is 2.25. The fraction of sp³-hybridized carbons (Fsp3) is 0.0909. The lowest BCUT2D eigenvalue weighted by Gasteiger charge is -2.26. The number of rotatable bonds is 4. The molecule has 2 aliphatic carbocycles. The van der Waals surface area contributed by atoms with Crippen molar-refractivity contribution in [1.29, 1.82) is 10.5 Å². The van der Waals surface area contributed by atoms with Gasteiger partial charge in [-0.2, -0.15) is 10.5 Å². The summed E-state index contributed by atoms with van der Waals surface area (Å²) < 4.78 is 4.70. The zero-order chi connectivity index (χ0) is 32.2. The Hall–Kier alpha value is -6.36. The standard InChI is InChI=1S/C44H30N4/c45-27-29-20-25-33(30-21-23-32(24-22-30)47-39-15-5-1-11-34(39)35-12-2-6-16-40(35)47)38(26-29)36-13-3-7-17-41(36)48-42-18-8-4-14-37(42)44-31(28-46)10-9-19-43(44)48/h1-19,21,23,25-26,29H,20,22,24H2. The van der Waals surface area contributed by atoms with Gasteiger partial charge in [0.25, 0.3) is 0 Å². The summed E-state index contributed by atoms with van der Waals surface area (Å²) in [6.07, 6.45) is 11.5. The second-order valence-corrected chi connectivity index (χ2v) is 12.6. The summed E-state index contributed by atoms with van der Waals surface area (Å²) in [6.45, 7) is 0. The minimum atomic E-state index is -0.201. The van der Waals surface area contributed by atoms with Gasteiger partial charge in [0.2, 0.25) is 0 Å². The molecule has 48 heavy (non-hydrogen) atoms. The lowest BCUT2D eigenvalue weighted by atomic mass is 9.81. The van der Waals surface area contributed by atoms with E-state index >= 15 is 0 Å². The van der Waals surface area contributed by atoms with Crippen molar-refractivity contribution in [2.45, 2.75) is 19.3 Å². The van der Waals surface area contributed by atoms with Crippen molar-refractivity contribution in [3.8, 4) is 17.8 Å². The van der Waals surface area contributed by atoms with Crippen LogP contribution in [-0.2, 0) is 0 Å².